The molecule has 0 aromatic rings. The maximum absolute atomic E-state index is 12.4. The average Bonchev–Trinajstić information content (AvgIpc) is 3.16. The third-order valence-electron chi connectivity index (χ3n) is 11.0. The number of aliphatic hydroxyl groups is 1. The standard InChI is InChI=1S/C32H50O6/c1-20(28(36-8)16-18-29(4,5)35)25-13-14-26-24-12-11-23-10-9-17-32(37-21(2)33,38-22(3)34)31(23,7)27(24)15-19-30(25,26)6/h11-12,20,25-28,35H,9-10,13-19H2,1-8H3/t20-,25+,26-,27-,28?,30+,31-/m0/s1. The largest absolute Gasteiger partial charge is 0.422 e. The first-order valence-electron chi connectivity index (χ1n) is 14.7. The second-order valence-electron chi connectivity index (χ2n) is 13.7. The van der Waals surface area contributed by atoms with Crippen molar-refractivity contribution in [1.29, 1.82) is 0 Å². The van der Waals surface area contributed by atoms with Crippen molar-refractivity contribution in [2.75, 3.05) is 7.11 Å². The van der Waals surface area contributed by atoms with Gasteiger partial charge in [-0.25, -0.2) is 0 Å². The number of allylic oxidation sites excluding steroid dienone is 3. The van der Waals surface area contributed by atoms with Crippen LogP contribution in [-0.4, -0.2) is 41.6 Å². The number of carbonyl (C=O) groups is 2. The molecular weight excluding hydrogens is 480 g/mol. The topological polar surface area (TPSA) is 82.1 Å². The van der Waals surface area contributed by atoms with E-state index in [-0.39, 0.29) is 17.4 Å². The summed E-state index contributed by atoms with van der Waals surface area (Å²) in [6.07, 6.45) is 12.9. The van der Waals surface area contributed by atoms with E-state index in [2.05, 4.69) is 32.9 Å². The monoisotopic (exact) mass is 530 g/mol. The molecule has 4 aliphatic carbocycles. The van der Waals surface area contributed by atoms with Gasteiger partial charge in [-0.2, -0.15) is 0 Å². The lowest BCUT2D eigenvalue weighted by Crippen LogP contribution is -2.61. The molecule has 0 heterocycles. The Morgan fingerprint density at radius 2 is 1.71 bits per heavy atom. The van der Waals surface area contributed by atoms with Crippen LogP contribution in [0.4, 0.5) is 0 Å². The quantitative estimate of drug-likeness (QED) is 0.285. The van der Waals surface area contributed by atoms with Gasteiger partial charge in [-0.05, 0) is 101 Å². The van der Waals surface area contributed by atoms with E-state index in [1.807, 2.05) is 13.8 Å². The summed E-state index contributed by atoms with van der Waals surface area (Å²) in [6, 6.07) is 0. The predicted molar refractivity (Wildman–Crippen MR) is 147 cm³/mol. The van der Waals surface area contributed by atoms with E-state index in [9.17, 15) is 14.7 Å². The molecule has 0 bridgehead atoms. The van der Waals surface area contributed by atoms with Gasteiger partial charge in [-0.1, -0.05) is 37.1 Å². The van der Waals surface area contributed by atoms with Crippen LogP contribution in [-0.2, 0) is 23.8 Å². The summed E-state index contributed by atoms with van der Waals surface area (Å²) in [7, 11) is 1.81. The van der Waals surface area contributed by atoms with Crippen LogP contribution in [0.3, 0.4) is 0 Å². The Kier molecular flexibility index (Phi) is 8.02. The van der Waals surface area contributed by atoms with Crippen molar-refractivity contribution >= 4 is 11.9 Å². The van der Waals surface area contributed by atoms with Gasteiger partial charge >= 0.3 is 11.9 Å². The summed E-state index contributed by atoms with van der Waals surface area (Å²) < 4.78 is 18.0. The molecule has 0 amide bonds. The molecule has 0 spiro atoms. The molecule has 0 radical (unpaired) electrons. The molecule has 1 N–H and O–H groups in total. The molecule has 0 saturated heterocycles. The van der Waals surface area contributed by atoms with Crippen molar-refractivity contribution in [2.45, 2.75) is 124 Å². The second kappa shape index (κ2) is 10.4. The van der Waals surface area contributed by atoms with E-state index in [1.165, 1.54) is 25.0 Å². The number of fused-ring (bicyclic) bond motifs is 5. The Hall–Kier alpha value is -1.66. The molecule has 214 valence electrons. The van der Waals surface area contributed by atoms with E-state index in [4.69, 9.17) is 14.2 Å². The first-order chi connectivity index (χ1) is 17.7. The van der Waals surface area contributed by atoms with Gasteiger partial charge < -0.3 is 19.3 Å². The minimum atomic E-state index is -1.27. The van der Waals surface area contributed by atoms with Crippen molar-refractivity contribution in [3.05, 3.63) is 23.3 Å². The van der Waals surface area contributed by atoms with Crippen LogP contribution in [0.5, 0.6) is 0 Å². The molecule has 0 aliphatic heterocycles. The predicted octanol–water partition coefficient (Wildman–Crippen LogP) is 6.51. The van der Waals surface area contributed by atoms with Gasteiger partial charge in [0.1, 0.15) is 0 Å². The van der Waals surface area contributed by atoms with Crippen LogP contribution in [0.15, 0.2) is 23.3 Å². The maximum atomic E-state index is 12.4. The second-order valence-corrected chi connectivity index (χ2v) is 13.7. The lowest BCUT2D eigenvalue weighted by atomic mass is 9.48. The zero-order valence-electron chi connectivity index (χ0n) is 24.9. The zero-order chi connectivity index (χ0) is 28.1. The van der Waals surface area contributed by atoms with Gasteiger partial charge in [-0.15, -0.1) is 0 Å². The maximum Gasteiger partial charge on any atom is 0.305 e. The van der Waals surface area contributed by atoms with Crippen molar-refractivity contribution < 1.29 is 28.9 Å². The highest BCUT2D eigenvalue weighted by molar-refractivity contribution is 5.69. The van der Waals surface area contributed by atoms with E-state index in [1.54, 1.807) is 7.11 Å². The summed E-state index contributed by atoms with van der Waals surface area (Å²) >= 11 is 0. The minimum Gasteiger partial charge on any atom is -0.422 e. The van der Waals surface area contributed by atoms with Gasteiger partial charge in [0.2, 0.25) is 0 Å². The molecule has 3 fully saturated rings. The molecule has 3 saturated carbocycles. The van der Waals surface area contributed by atoms with Crippen LogP contribution in [0.1, 0.15) is 106 Å². The van der Waals surface area contributed by atoms with Crippen molar-refractivity contribution in [3.63, 3.8) is 0 Å². The number of rotatable bonds is 8. The van der Waals surface area contributed by atoms with Crippen LogP contribution < -0.4 is 0 Å². The molecule has 38 heavy (non-hydrogen) atoms. The van der Waals surface area contributed by atoms with Crippen LogP contribution in [0, 0.1) is 34.5 Å². The highest BCUT2D eigenvalue weighted by atomic mass is 16.7. The van der Waals surface area contributed by atoms with E-state index in [0.717, 1.165) is 51.4 Å². The Morgan fingerprint density at radius 1 is 1.05 bits per heavy atom. The SMILES string of the molecule is COC(CCC(C)(C)O)[C@@H](C)[C@H]1CC[C@H]2C3=CC=C4CCCC(OC(C)=O)(OC(C)=O)[C@]4(C)[C@H]3CC[C@]12C. The third kappa shape index (κ3) is 4.89. The Labute approximate surface area is 229 Å². The summed E-state index contributed by atoms with van der Waals surface area (Å²) in [4.78, 5) is 24.7. The Bertz CT molecular complexity index is 972. The smallest absolute Gasteiger partial charge is 0.305 e. The summed E-state index contributed by atoms with van der Waals surface area (Å²) in [5.74, 6) is -0.566. The first-order valence-corrected chi connectivity index (χ1v) is 14.7. The molecule has 6 heteroatoms. The molecular formula is C32H50O6. The van der Waals surface area contributed by atoms with Crippen LogP contribution >= 0.6 is 0 Å². The van der Waals surface area contributed by atoms with Crippen molar-refractivity contribution in [1.82, 2.24) is 0 Å². The van der Waals surface area contributed by atoms with E-state index < -0.39 is 28.7 Å². The lowest BCUT2D eigenvalue weighted by molar-refractivity contribution is -0.280. The lowest BCUT2D eigenvalue weighted by Gasteiger charge is -2.59. The molecule has 4 rings (SSSR count). The van der Waals surface area contributed by atoms with Gasteiger partial charge in [0.05, 0.1) is 17.1 Å². The number of ether oxygens (including phenoxy) is 3. The molecule has 0 aromatic carbocycles. The Balaban J connectivity index is 1.66. The van der Waals surface area contributed by atoms with E-state index >= 15 is 0 Å². The van der Waals surface area contributed by atoms with E-state index in [0.29, 0.717) is 24.2 Å². The third-order valence-corrected chi connectivity index (χ3v) is 11.0. The molecule has 4 aliphatic rings. The number of esters is 2. The zero-order valence-corrected chi connectivity index (χ0v) is 24.9. The summed E-state index contributed by atoms with van der Waals surface area (Å²) in [5, 5.41) is 10.3. The van der Waals surface area contributed by atoms with Crippen molar-refractivity contribution in [3.8, 4) is 0 Å². The Morgan fingerprint density at radius 3 is 2.29 bits per heavy atom. The fourth-order valence-electron chi connectivity index (χ4n) is 9.12. The highest BCUT2D eigenvalue weighted by Crippen LogP contribution is 2.68. The number of methoxy groups -OCH3 is 1. The van der Waals surface area contributed by atoms with Gasteiger partial charge in [0, 0.05) is 27.4 Å². The van der Waals surface area contributed by atoms with Gasteiger partial charge in [-0.3, -0.25) is 9.59 Å². The van der Waals surface area contributed by atoms with Gasteiger partial charge in [0.15, 0.2) is 0 Å². The van der Waals surface area contributed by atoms with Crippen molar-refractivity contribution in [2.24, 2.45) is 34.5 Å². The summed E-state index contributed by atoms with van der Waals surface area (Å²) in [6.45, 7) is 13.6. The normalized spacial score (nSPS) is 35.6. The minimum absolute atomic E-state index is 0.114. The number of hydrogen-bond donors (Lipinski definition) is 1. The number of carbonyl (C=O) groups excluding carboxylic acids is 2. The molecule has 7 atom stereocenters. The molecule has 1 unspecified atom stereocenters. The van der Waals surface area contributed by atoms with Gasteiger partial charge in [0.25, 0.3) is 5.79 Å². The fourth-order valence-corrected chi connectivity index (χ4v) is 9.12. The highest BCUT2D eigenvalue weighted by Gasteiger charge is 2.66. The van der Waals surface area contributed by atoms with Crippen LogP contribution in [0.2, 0.25) is 0 Å². The number of hydrogen-bond acceptors (Lipinski definition) is 6. The van der Waals surface area contributed by atoms with Crippen LogP contribution in [0.25, 0.3) is 0 Å². The average molecular weight is 531 g/mol. The molecule has 0 aromatic heterocycles. The summed E-state index contributed by atoms with van der Waals surface area (Å²) in [5.41, 5.74) is 1.56. The fraction of sp³-hybridized carbons (Fsp3) is 0.812. The molecule has 6 nitrogen and oxygen atoms in total. The first kappa shape index (κ1) is 29.3.